The van der Waals surface area contributed by atoms with Crippen molar-refractivity contribution >= 4 is 39.1 Å². The number of fused-ring (bicyclic) bond motifs is 1. The van der Waals surface area contributed by atoms with Gasteiger partial charge in [0.05, 0.1) is 22.5 Å². The van der Waals surface area contributed by atoms with Crippen molar-refractivity contribution in [3.63, 3.8) is 0 Å². The highest BCUT2D eigenvalue weighted by molar-refractivity contribution is 9.10. The predicted octanol–water partition coefficient (Wildman–Crippen LogP) is 3.45. The van der Waals surface area contributed by atoms with Crippen LogP contribution in [0.3, 0.4) is 0 Å². The number of aryl methyl sites for hydroxylation is 2. The lowest BCUT2D eigenvalue weighted by molar-refractivity contribution is 0.0926. The Morgan fingerprint density at radius 2 is 1.57 bits per heavy atom. The zero-order chi connectivity index (χ0) is 15.3. The number of carbonyl (C=O) groups is 2. The number of halogens is 1. The molecule has 5 heteroatoms. The molecule has 0 atom stereocenters. The van der Waals surface area contributed by atoms with E-state index in [0.29, 0.717) is 22.5 Å². The summed E-state index contributed by atoms with van der Waals surface area (Å²) in [5.41, 5.74) is 9.68. The molecule has 3 rings (SSSR count). The van der Waals surface area contributed by atoms with E-state index in [9.17, 15) is 9.59 Å². The number of nitrogens with zero attached hydrogens (tertiary/aromatic N) is 1. The van der Waals surface area contributed by atoms with Crippen molar-refractivity contribution in [2.24, 2.45) is 0 Å². The molecule has 0 aliphatic carbocycles. The van der Waals surface area contributed by atoms with Gasteiger partial charge in [0.25, 0.3) is 11.8 Å². The fraction of sp³-hybridized carbons (Fsp3) is 0.125. The summed E-state index contributed by atoms with van der Waals surface area (Å²) in [5, 5.41) is 0. The van der Waals surface area contributed by atoms with Crippen molar-refractivity contribution in [1.82, 2.24) is 0 Å². The van der Waals surface area contributed by atoms with Crippen molar-refractivity contribution in [3.05, 3.63) is 57.1 Å². The third-order valence-electron chi connectivity index (χ3n) is 3.73. The molecule has 0 radical (unpaired) electrons. The van der Waals surface area contributed by atoms with E-state index in [-0.39, 0.29) is 11.8 Å². The van der Waals surface area contributed by atoms with E-state index in [4.69, 9.17) is 5.73 Å². The smallest absolute Gasteiger partial charge is 0.266 e. The molecule has 1 aliphatic heterocycles. The Morgan fingerprint density at radius 3 is 2.29 bits per heavy atom. The minimum absolute atomic E-state index is 0.336. The number of amides is 2. The number of imide groups is 1. The van der Waals surface area contributed by atoms with Crippen LogP contribution in [0.4, 0.5) is 11.4 Å². The molecule has 21 heavy (non-hydrogen) atoms. The Balaban J connectivity index is 2.16. The Kier molecular flexibility index (Phi) is 3.10. The second-order valence-electron chi connectivity index (χ2n) is 5.13. The maximum atomic E-state index is 12.5. The van der Waals surface area contributed by atoms with Crippen LogP contribution < -0.4 is 10.6 Å². The number of hydrogen-bond donors (Lipinski definition) is 1. The van der Waals surface area contributed by atoms with E-state index in [1.807, 2.05) is 13.8 Å². The van der Waals surface area contributed by atoms with Gasteiger partial charge < -0.3 is 5.73 Å². The quantitative estimate of drug-likeness (QED) is 0.636. The molecule has 0 unspecified atom stereocenters. The minimum atomic E-state index is -0.341. The first-order valence-electron chi connectivity index (χ1n) is 6.45. The number of nitrogens with two attached hydrogens (primary N) is 1. The van der Waals surface area contributed by atoms with Crippen molar-refractivity contribution < 1.29 is 9.59 Å². The normalized spacial score (nSPS) is 13.8. The molecule has 106 valence electrons. The first kappa shape index (κ1) is 13.8. The van der Waals surface area contributed by atoms with E-state index in [1.54, 1.807) is 30.3 Å². The van der Waals surface area contributed by atoms with Gasteiger partial charge in [0.1, 0.15) is 0 Å². The molecular formula is C16H13BrN2O2. The maximum absolute atomic E-state index is 12.5. The molecule has 4 nitrogen and oxygen atoms in total. The lowest BCUT2D eigenvalue weighted by Crippen LogP contribution is -2.30. The number of benzene rings is 2. The Labute approximate surface area is 130 Å². The van der Waals surface area contributed by atoms with Crippen LogP contribution in [0.2, 0.25) is 0 Å². The molecule has 1 heterocycles. The first-order chi connectivity index (χ1) is 9.90. The van der Waals surface area contributed by atoms with Crippen LogP contribution in [0.15, 0.2) is 34.8 Å². The molecule has 0 saturated carbocycles. The lowest BCUT2D eigenvalue weighted by atomic mass is 10.1. The first-order valence-corrected chi connectivity index (χ1v) is 7.24. The summed E-state index contributed by atoms with van der Waals surface area (Å²) in [5.74, 6) is -0.677. The SMILES string of the molecule is Cc1cc(N)c(N2C(=O)c3ccc(Br)cc3C2=O)cc1C. The van der Waals surface area contributed by atoms with Gasteiger partial charge in [0.15, 0.2) is 0 Å². The van der Waals surface area contributed by atoms with Gasteiger partial charge in [-0.3, -0.25) is 9.59 Å². The van der Waals surface area contributed by atoms with E-state index < -0.39 is 0 Å². The standard InChI is InChI=1S/C16H13BrN2O2/c1-8-5-13(18)14(6-9(8)2)19-15(20)11-4-3-10(17)7-12(11)16(19)21/h3-7H,18H2,1-2H3. The average molecular weight is 345 g/mol. The van der Waals surface area contributed by atoms with Gasteiger partial charge in [-0.1, -0.05) is 15.9 Å². The summed E-state index contributed by atoms with van der Waals surface area (Å²) in [4.78, 5) is 26.2. The second-order valence-corrected chi connectivity index (χ2v) is 6.05. The maximum Gasteiger partial charge on any atom is 0.266 e. The van der Waals surface area contributed by atoms with Crippen LogP contribution in [0.1, 0.15) is 31.8 Å². The van der Waals surface area contributed by atoms with Crippen molar-refractivity contribution in [1.29, 1.82) is 0 Å². The van der Waals surface area contributed by atoms with Gasteiger partial charge in [-0.05, 0) is 55.3 Å². The zero-order valence-electron chi connectivity index (χ0n) is 11.6. The van der Waals surface area contributed by atoms with Crippen LogP contribution in [-0.4, -0.2) is 11.8 Å². The van der Waals surface area contributed by atoms with Crippen LogP contribution in [0.5, 0.6) is 0 Å². The summed E-state index contributed by atoms with van der Waals surface area (Å²) in [6, 6.07) is 8.62. The molecular weight excluding hydrogens is 332 g/mol. The number of carbonyl (C=O) groups excluding carboxylic acids is 2. The molecule has 0 fully saturated rings. The van der Waals surface area contributed by atoms with Gasteiger partial charge >= 0.3 is 0 Å². The summed E-state index contributed by atoms with van der Waals surface area (Å²) in [6.45, 7) is 3.86. The van der Waals surface area contributed by atoms with E-state index in [1.165, 1.54) is 0 Å². The number of anilines is 2. The third kappa shape index (κ3) is 2.05. The predicted molar refractivity (Wildman–Crippen MR) is 85.6 cm³/mol. The monoisotopic (exact) mass is 344 g/mol. The average Bonchev–Trinajstić information content (AvgIpc) is 2.66. The van der Waals surface area contributed by atoms with Gasteiger partial charge in [0, 0.05) is 4.47 Å². The zero-order valence-corrected chi connectivity index (χ0v) is 13.2. The number of hydrogen-bond acceptors (Lipinski definition) is 3. The summed E-state index contributed by atoms with van der Waals surface area (Å²) >= 11 is 3.32. The van der Waals surface area contributed by atoms with Gasteiger partial charge in [0.2, 0.25) is 0 Å². The summed E-state index contributed by atoms with van der Waals surface area (Å²) in [7, 11) is 0. The van der Waals surface area contributed by atoms with Crippen molar-refractivity contribution in [2.75, 3.05) is 10.6 Å². The molecule has 0 aromatic heterocycles. The number of rotatable bonds is 1. The second kappa shape index (κ2) is 4.70. The van der Waals surface area contributed by atoms with E-state index >= 15 is 0 Å². The number of nitrogen functional groups attached to an aromatic ring is 1. The van der Waals surface area contributed by atoms with Gasteiger partial charge in [-0.2, -0.15) is 0 Å². The lowest BCUT2D eigenvalue weighted by Gasteiger charge is -2.18. The minimum Gasteiger partial charge on any atom is -0.397 e. The molecule has 2 aromatic rings. The van der Waals surface area contributed by atoms with Gasteiger partial charge in [-0.25, -0.2) is 4.90 Å². The largest absolute Gasteiger partial charge is 0.397 e. The summed E-state index contributed by atoms with van der Waals surface area (Å²) in [6.07, 6.45) is 0. The Hall–Kier alpha value is -2.14. The fourth-order valence-corrected chi connectivity index (χ4v) is 2.81. The molecule has 0 spiro atoms. The third-order valence-corrected chi connectivity index (χ3v) is 4.23. The molecule has 0 saturated heterocycles. The van der Waals surface area contributed by atoms with Crippen LogP contribution in [0.25, 0.3) is 0 Å². The van der Waals surface area contributed by atoms with Gasteiger partial charge in [-0.15, -0.1) is 0 Å². The molecule has 1 aliphatic rings. The van der Waals surface area contributed by atoms with Crippen LogP contribution >= 0.6 is 15.9 Å². The summed E-state index contributed by atoms with van der Waals surface area (Å²) < 4.78 is 0.761. The highest BCUT2D eigenvalue weighted by atomic mass is 79.9. The van der Waals surface area contributed by atoms with Crippen LogP contribution in [-0.2, 0) is 0 Å². The van der Waals surface area contributed by atoms with E-state index in [2.05, 4.69) is 15.9 Å². The highest BCUT2D eigenvalue weighted by Crippen LogP contribution is 2.34. The van der Waals surface area contributed by atoms with Crippen molar-refractivity contribution in [3.8, 4) is 0 Å². The topological polar surface area (TPSA) is 63.4 Å². The Bertz CT molecular complexity index is 799. The molecule has 2 N–H and O–H groups in total. The van der Waals surface area contributed by atoms with Crippen molar-refractivity contribution in [2.45, 2.75) is 13.8 Å². The molecule has 0 bridgehead atoms. The molecule has 2 amide bonds. The highest BCUT2D eigenvalue weighted by Gasteiger charge is 2.37. The Morgan fingerprint density at radius 1 is 0.952 bits per heavy atom. The molecule has 2 aromatic carbocycles. The van der Waals surface area contributed by atoms with Crippen LogP contribution in [0, 0.1) is 13.8 Å². The fourth-order valence-electron chi connectivity index (χ4n) is 2.45. The van der Waals surface area contributed by atoms with E-state index in [0.717, 1.165) is 20.5 Å².